The van der Waals surface area contributed by atoms with Crippen molar-refractivity contribution in [2.45, 2.75) is 25.2 Å². The van der Waals surface area contributed by atoms with Gasteiger partial charge in [-0.05, 0) is 43.2 Å². The van der Waals surface area contributed by atoms with Gasteiger partial charge in [0.05, 0.1) is 6.61 Å². The smallest absolute Gasteiger partial charge is 0.288 e. The van der Waals surface area contributed by atoms with Crippen molar-refractivity contribution in [3.63, 3.8) is 0 Å². The third-order valence-electron chi connectivity index (χ3n) is 3.51. The number of halogens is 1. The zero-order chi connectivity index (χ0) is 17.3. The van der Waals surface area contributed by atoms with Crippen molar-refractivity contribution in [2.75, 3.05) is 6.61 Å². The van der Waals surface area contributed by atoms with E-state index in [4.69, 9.17) is 16.3 Å². The van der Waals surface area contributed by atoms with Crippen molar-refractivity contribution in [3.05, 3.63) is 47.0 Å². The SMILES string of the molecule is CCCOc1cc(C)c(Cl)cc1S(=O)(=O)n1nnc2ccccc21. The highest BCUT2D eigenvalue weighted by Gasteiger charge is 2.26. The highest BCUT2D eigenvalue weighted by atomic mass is 35.5. The van der Waals surface area contributed by atoms with Crippen LogP contribution in [-0.2, 0) is 10.0 Å². The van der Waals surface area contributed by atoms with Crippen LogP contribution in [0.25, 0.3) is 11.0 Å². The summed E-state index contributed by atoms with van der Waals surface area (Å²) in [4.78, 5) is -0.0257. The molecule has 0 N–H and O–H groups in total. The van der Waals surface area contributed by atoms with Crippen LogP contribution in [0.1, 0.15) is 18.9 Å². The summed E-state index contributed by atoms with van der Waals surface area (Å²) in [6, 6.07) is 9.87. The number of aromatic nitrogens is 3. The van der Waals surface area contributed by atoms with E-state index in [-0.39, 0.29) is 10.6 Å². The first-order chi connectivity index (χ1) is 11.4. The van der Waals surface area contributed by atoms with Crippen molar-refractivity contribution in [2.24, 2.45) is 0 Å². The third-order valence-corrected chi connectivity index (χ3v) is 5.52. The van der Waals surface area contributed by atoms with Gasteiger partial charge in [0.25, 0.3) is 10.0 Å². The lowest BCUT2D eigenvalue weighted by molar-refractivity contribution is 0.309. The van der Waals surface area contributed by atoms with E-state index in [0.29, 0.717) is 22.7 Å². The maximum atomic E-state index is 13.1. The number of nitrogens with zero attached hydrogens (tertiary/aromatic N) is 3. The summed E-state index contributed by atoms with van der Waals surface area (Å²) in [5, 5.41) is 8.05. The van der Waals surface area contributed by atoms with Crippen molar-refractivity contribution in [1.82, 2.24) is 14.4 Å². The second-order valence-electron chi connectivity index (χ2n) is 5.32. The average molecular weight is 366 g/mol. The Kier molecular flexibility index (Phi) is 4.47. The minimum atomic E-state index is -3.99. The zero-order valence-corrected chi connectivity index (χ0v) is 14.8. The predicted molar refractivity (Wildman–Crippen MR) is 92.1 cm³/mol. The Hall–Kier alpha value is -2.12. The van der Waals surface area contributed by atoms with Crippen LogP contribution in [0.2, 0.25) is 5.02 Å². The fraction of sp³-hybridized carbons (Fsp3) is 0.250. The molecule has 24 heavy (non-hydrogen) atoms. The van der Waals surface area contributed by atoms with Crippen LogP contribution in [-0.4, -0.2) is 29.4 Å². The highest BCUT2D eigenvalue weighted by Crippen LogP contribution is 2.32. The first-order valence-electron chi connectivity index (χ1n) is 7.44. The molecule has 0 radical (unpaired) electrons. The van der Waals surface area contributed by atoms with Crippen LogP contribution in [0.3, 0.4) is 0 Å². The lowest BCUT2D eigenvalue weighted by atomic mass is 10.2. The second kappa shape index (κ2) is 6.41. The maximum Gasteiger partial charge on any atom is 0.288 e. The van der Waals surface area contributed by atoms with Crippen LogP contribution in [0.5, 0.6) is 5.75 Å². The average Bonchev–Trinajstić information content (AvgIpc) is 3.00. The van der Waals surface area contributed by atoms with E-state index >= 15 is 0 Å². The van der Waals surface area contributed by atoms with E-state index in [9.17, 15) is 8.42 Å². The fourth-order valence-corrected chi connectivity index (χ4v) is 3.88. The minimum absolute atomic E-state index is 0.0257. The number of hydrogen-bond donors (Lipinski definition) is 0. The molecule has 2 aromatic carbocycles. The van der Waals surface area contributed by atoms with E-state index in [0.717, 1.165) is 16.1 Å². The monoisotopic (exact) mass is 365 g/mol. The highest BCUT2D eigenvalue weighted by molar-refractivity contribution is 7.90. The Balaban J connectivity index is 2.21. The largest absolute Gasteiger partial charge is 0.492 e. The molecule has 0 aliphatic heterocycles. The molecule has 3 aromatic rings. The van der Waals surface area contributed by atoms with Gasteiger partial charge in [-0.1, -0.05) is 35.9 Å². The Morgan fingerprint density at radius 1 is 1.25 bits per heavy atom. The standard InChI is InChI=1S/C16H16ClN3O3S/c1-3-8-23-15-9-11(2)12(17)10-16(15)24(21,22)20-14-7-5-4-6-13(14)18-19-20/h4-7,9-10H,3,8H2,1-2H3. The zero-order valence-electron chi connectivity index (χ0n) is 13.2. The minimum Gasteiger partial charge on any atom is -0.492 e. The van der Waals surface area contributed by atoms with Crippen LogP contribution in [0, 0.1) is 6.92 Å². The molecular formula is C16H16ClN3O3S. The molecule has 0 saturated carbocycles. The van der Waals surface area contributed by atoms with Crippen LogP contribution < -0.4 is 4.74 Å². The van der Waals surface area contributed by atoms with Gasteiger partial charge in [0, 0.05) is 5.02 Å². The molecule has 1 aromatic heterocycles. The van der Waals surface area contributed by atoms with Gasteiger partial charge in [-0.15, -0.1) is 9.19 Å². The Morgan fingerprint density at radius 2 is 2.00 bits per heavy atom. The number of para-hydroxylation sites is 1. The molecule has 0 spiro atoms. The van der Waals surface area contributed by atoms with E-state index in [1.54, 1.807) is 37.3 Å². The van der Waals surface area contributed by atoms with Crippen LogP contribution in [0.15, 0.2) is 41.3 Å². The molecule has 0 aliphatic carbocycles. The first kappa shape index (κ1) is 16.7. The van der Waals surface area contributed by atoms with Crippen LogP contribution in [0.4, 0.5) is 0 Å². The quantitative estimate of drug-likeness (QED) is 0.692. The van der Waals surface area contributed by atoms with Crippen LogP contribution >= 0.6 is 11.6 Å². The van der Waals surface area contributed by atoms with Crippen molar-refractivity contribution < 1.29 is 13.2 Å². The molecule has 6 nitrogen and oxygen atoms in total. The van der Waals surface area contributed by atoms with Gasteiger partial charge in [-0.2, -0.15) is 8.42 Å². The van der Waals surface area contributed by atoms with Gasteiger partial charge in [-0.25, -0.2) is 0 Å². The lowest BCUT2D eigenvalue weighted by Gasteiger charge is -2.13. The summed E-state index contributed by atoms with van der Waals surface area (Å²) in [6.45, 7) is 4.14. The molecule has 0 fully saturated rings. The van der Waals surface area contributed by atoms with Crippen molar-refractivity contribution in [3.8, 4) is 5.75 Å². The molecule has 0 aliphatic rings. The van der Waals surface area contributed by atoms with E-state index in [2.05, 4.69) is 10.3 Å². The normalized spacial score (nSPS) is 11.8. The molecule has 126 valence electrons. The van der Waals surface area contributed by atoms with Gasteiger partial charge >= 0.3 is 0 Å². The summed E-state index contributed by atoms with van der Waals surface area (Å²) in [5.41, 5.74) is 1.64. The van der Waals surface area contributed by atoms with Gasteiger partial charge in [-0.3, -0.25) is 0 Å². The summed E-state index contributed by atoms with van der Waals surface area (Å²) >= 11 is 6.14. The van der Waals surface area contributed by atoms with Gasteiger partial charge in [0.1, 0.15) is 21.7 Å². The number of fused-ring (bicyclic) bond motifs is 1. The summed E-state index contributed by atoms with van der Waals surface area (Å²) in [7, 11) is -3.99. The number of hydrogen-bond acceptors (Lipinski definition) is 5. The maximum absolute atomic E-state index is 13.1. The molecule has 0 bridgehead atoms. The molecule has 3 rings (SSSR count). The Morgan fingerprint density at radius 3 is 2.75 bits per heavy atom. The summed E-state index contributed by atoms with van der Waals surface area (Å²) in [6.07, 6.45) is 0.757. The Labute approximate surface area is 145 Å². The van der Waals surface area contributed by atoms with Gasteiger partial charge in [0.15, 0.2) is 0 Å². The molecular weight excluding hydrogens is 350 g/mol. The third kappa shape index (κ3) is 2.85. The van der Waals surface area contributed by atoms with E-state index in [1.165, 1.54) is 6.07 Å². The predicted octanol–water partition coefficient (Wildman–Crippen LogP) is 3.42. The molecule has 0 unspecified atom stereocenters. The fourth-order valence-electron chi connectivity index (χ4n) is 2.28. The molecule has 8 heteroatoms. The van der Waals surface area contributed by atoms with Crippen molar-refractivity contribution in [1.29, 1.82) is 0 Å². The topological polar surface area (TPSA) is 74.1 Å². The first-order valence-corrected chi connectivity index (χ1v) is 9.26. The summed E-state index contributed by atoms with van der Waals surface area (Å²) < 4.78 is 32.7. The second-order valence-corrected chi connectivity index (χ2v) is 7.47. The number of rotatable bonds is 5. The lowest BCUT2D eigenvalue weighted by Crippen LogP contribution is -2.16. The van der Waals surface area contributed by atoms with E-state index < -0.39 is 10.0 Å². The van der Waals surface area contributed by atoms with Gasteiger partial charge in [0.2, 0.25) is 0 Å². The number of aryl methyl sites for hydroxylation is 1. The number of benzene rings is 2. The van der Waals surface area contributed by atoms with E-state index in [1.807, 2.05) is 6.92 Å². The van der Waals surface area contributed by atoms with Crippen molar-refractivity contribution >= 4 is 32.7 Å². The molecule has 0 atom stereocenters. The molecule has 1 heterocycles. The Bertz CT molecular complexity index is 999. The molecule has 0 saturated heterocycles. The molecule has 0 amide bonds. The summed E-state index contributed by atoms with van der Waals surface area (Å²) in [5.74, 6) is 0.262. The van der Waals surface area contributed by atoms with Gasteiger partial charge < -0.3 is 4.74 Å². The number of ether oxygens (including phenoxy) is 1.